The molecule has 0 aliphatic carbocycles. The van der Waals surface area contributed by atoms with Gasteiger partial charge in [0.15, 0.2) is 0 Å². The Kier molecular flexibility index (Phi) is 4.21. The van der Waals surface area contributed by atoms with E-state index in [1.807, 2.05) is 30.3 Å². The van der Waals surface area contributed by atoms with Crippen LogP contribution < -0.4 is 0 Å². The Bertz CT molecular complexity index is 782. The Labute approximate surface area is 138 Å². The van der Waals surface area contributed by atoms with Crippen LogP contribution >= 0.6 is 23.2 Å². The molecule has 1 atom stereocenters. The van der Waals surface area contributed by atoms with Crippen molar-refractivity contribution in [3.63, 3.8) is 0 Å². The second-order valence-electron chi connectivity index (χ2n) is 5.00. The van der Waals surface area contributed by atoms with Gasteiger partial charge in [0.25, 0.3) is 0 Å². The first-order chi connectivity index (χ1) is 10.6. The highest BCUT2D eigenvalue weighted by Gasteiger charge is 2.24. The van der Waals surface area contributed by atoms with Crippen LogP contribution in [0.4, 0.5) is 0 Å². The maximum atomic E-state index is 10.7. The average molecular weight is 333 g/mol. The summed E-state index contributed by atoms with van der Waals surface area (Å²) in [7, 11) is 1.76. The molecule has 3 aromatic rings. The third kappa shape index (κ3) is 2.75. The maximum Gasteiger partial charge on any atom is 0.133 e. The standard InChI is InChI=1S/C17H14Cl2N2O/c1-21-17(19)14(15(20-21)11-5-3-2-4-6-11)16(22)12-7-9-13(18)10-8-12/h2-10,16,22H,1H3/t16-/m0/s1. The lowest BCUT2D eigenvalue weighted by Gasteiger charge is -2.12. The molecule has 0 fully saturated rings. The molecule has 22 heavy (non-hydrogen) atoms. The number of hydrogen-bond acceptors (Lipinski definition) is 2. The van der Waals surface area contributed by atoms with Crippen LogP contribution in [0.15, 0.2) is 54.6 Å². The summed E-state index contributed by atoms with van der Waals surface area (Å²) in [5.41, 5.74) is 2.90. The zero-order valence-corrected chi connectivity index (χ0v) is 13.4. The molecule has 1 aromatic heterocycles. The largest absolute Gasteiger partial charge is 0.383 e. The van der Waals surface area contributed by atoms with Gasteiger partial charge in [-0.25, -0.2) is 0 Å². The molecule has 5 heteroatoms. The third-order valence-electron chi connectivity index (χ3n) is 3.52. The van der Waals surface area contributed by atoms with Crippen molar-refractivity contribution >= 4 is 23.2 Å². The summed E-state index contributed by atoms with van der Waals surface area (Å²) in [5.74, 6) is 0. The molecule has 0 bridgehead atoms. The van der Waals surface area contributed by atoms with Crippen molar-refractivity contribution in [2.24, 2.45) is 7.05 Å². The lowest BCUT2D eigenvalue weighted by atomic mass is 9.99. The Balaban J connectivity index is 2.12. The van der Waals surface area contributed by atoms with Gasteiger partial charge >= 0.3 is 0 Å². The van der Waals surface area contributed by atoms with E-state index >= 15 is 0 Å². The van der Waals surface area contributed by atoms with Gasteiger partial charge in [0.2, 0.25) is 0 Å². The Morgan fingerprint density at radius 1 is 1.00 bits per heavy atom. The molecule has 0 amide bonds. The number of halogens is 2. The van der Waals surface area contributed by atoms with Gasteiger partial charge in [-0.3, -0.25) is 4.68 Å². The van der Waals surface area contributed by atoms with Crippen LogP contribution in [-0.4, -0.2) is 14.9 Å². The smallest absolute Gasteiger partial charge is 0.133 e. The fraction of sp³-hybridized carbons (Fsp3) is 0.118. The van der Waals surface area contributed by atoms with Gasteiger partial charge in [0.05, 0.1) is 5.56 Å². The zero-order chi connectivity index (χ0) is 15.7. The van der Waals surface area contributed by atoms with Crippen LogP contribution in [0.1, 0.15) is 17.2 Å². The van der Waals surface area contributed by atoms with Crippen molar-refractivity contribution in [3.05, 3.63) is 75.9 Å². The van der Waals surface area contributed by atoms with Crippen LogP contribution in [0.2, 0.25) is 10.2 Å². The number of nitrogens with zero attached hydrogens (tertiary/aromatic N) is 2. The van der Waals surface area contributed by atoms with Crippen LogP contribution in [0, 0.1) is 0 Å². The van der Waals surface area contributed by atoms with E-state index in [0.29, 0.717) is 21.4 Å². The predicted molar refractivity (Wildman–Crippen MR) is 89.2 cm³/mol. The van der Waals surface area contributed by atoms with Gasteiger partial charge in [-0.1, -0.05) is 65.7 Å². The molecule has 0 aliphatic heterocycles. The lowest BCUT2D eigenvalue weighted by Crippen LogP contribution is -2.01. The van der Waals surface area contributed by atoms with Crippen molar-refractivity contribution in [1.82, 2.24) is 9.78 Å². The van der Waals surface area contributed by atoms with Crippen molar-refractivity contribution in [2.75, 3.05) is 0 Å². The summed E-state index contributed by atoms with van der Waals surface area (Å²) in [4.78, 5) is 0. The summed E-state index contributed by atoms with van der Waals surface area (Å²) in [6.45, 7) is 0. The SMILES string of the molecule is Cn1nc(-c2ccccc2)c([C@@H](O)c2ccc(Cl)cc2)c1Cl. The molecule has 0 unspecified atom stereocenters. The fourth-order valence-electron chi connectivity index (χ4n) is 2.38. The zero-order valence-electron chi connectivity index (χ0n) is 11.9. The van der Waals surface area contributed by atoms with E-state index in [-0.39, 0.29) is 0 Å². The first-order valence-electron chi connectivity index (χ1n) is 6.79. The first kappa shape index (κ1) is 15.1. The molecule has 2 aromatic carbocycles. The number of hydrogen-bond donors (Lipinski definition) is 1. The van der Waals surface area contributed by atoms with E-state index in [2.05, 4.69) is 5.10 Å². The highest BCUT2D eigenvalue weighted by atomic mass is 35.5. The summed E-state index contributed by atoms with van der Waals surface area (Å²) in [5, 5.41) is 16.2. The molecule has 112 valence electrons. The van der Waals surface area contributed by atoms with Gasteiger partial charge < -0.3 is 5.11 Å². The van der Waals surface area contributed by atoms with Crippen molar-refractivity contribution in [1.29, 1.82) is 0 Å². The van der Waals surface area contributed by atoms with Gasteiger partial charge in [0, 0.05) is 17.6 Å². The first-order valence-corrected chi connectivity index (χ1v) is 7.55. The van der Waals surface area contributed by atoms with E-state index in [0.717, 1.165) is 11.1 Å². The topological polar surface area (TPSA) is 38.0 Å². The van der Waals surface area contributed by atoms with Crippen LogP contribution in [0.3, 0.4) is 0 Å². The molecule has 0 radical (unpaired) electrons. The van der Waals surface area contributed by atoms with Crippen molar-refractivity contribution in [3.8, 4) is 11.3 Å². The third-order valence-corrected chi connectivity index (χ3v) is 4.22. The monoisotopic (exact) mass is 332 g/mol. The Morgan fingerprint density at radius 2 is 1.64 bits per heavy atom. The number of aromatic nitrogens is 2. The predicted octanol–water partition coefficient (Wildman–Crippen LogP) is 4.48. The number of aliphatic hydroxyl groups is 1. The van der Waals surface area contributed by atoms with E-state index in [1.54, 1.807) is 36.0 Å². The van der Waals surface area contributed by atoms with Gasteiger partial charge in [-0.05, 0) is 17.7 Å². The summed E-state index contributed by atoms with van der Waals surface area (Å²) < 4.78 is 1.57. The molecular formula is C17H14Cl2N2O. The highest BCUT2D eigenvalue weighted by Crippen LogP contribution is 2.36. The quantitative estimate of drug-likeness (QED) is 0.768. The second kappa shape index (κ2) is 6.13. The van der Waals surface area contributed by atoms with E-state index in [9.17, 15) is 5.11 Å². The van der Waals surface area contributed by atoms with Crippen LogP contribution in [-0.2, 0) is 7.05 Å². The van der Waals surface area contributed by atoms with E-state index in [1.165, 1.54) is 0 Å². The molecule has 0 aliphatic rings. The average Bonchev–Trinajstić information content (AvgIpc) is 2.84. The summed E-state index contributed by atoms with van der Waals surface area (Å²) >= 11 is 12.3. The molecule has 3 rings (SSSR count). The van der Waals surface area contributed by atoms with E-state index < -0.39 is 6.10 Å². The van der Waals surface area contributed by atoms with Crippen molar-refractivity contribution in [2.45, 2.75) is 6.10 Å². The van der Waals surface area contributed by atoms with E-state index in [4.69, 9.17) is 23.2 Å². The molecule has 0 saturated heterocycles. The summed E-state index contributed by atoms with van der Waals surface area (Å²) in [6, 6.07) is 16.7. The Morgan fingerprint density at radius 3 is 2.27 bits per heavy atom. The van der Waals surface area contributed by atoms with Crippen molar-refractivity contribution < 1.29 is 5.11 Å². The minimum Gasteiger partial charge on any atom is -0.383 e. The molecule has 1 N–H and O–H groups in total. The molecular weight excluding hydrogens is 319 g/mol. The fourth-order valence-corrected chi connectivity index (χ4v) is 2.74. The minimum atomic E-state index is -0.867. The Hall–Kier alpha value is -1.81. The number of aryl methyl sites for hydroxylation is 1. The second-order valence-corrected chi connectivity index (χ2v) is 5.79. The molecule has 0 saturated carbocycles. The van der Waals surface area contributed by atoms with Crippen LogP contribution in [0.5, 0.6) is 0 Å². The maximum absolute atomic E-state index is 10.7. The number of benzene rings is 2. The molecule has 3 nitrogen and oxygen atoms in total. The van der Waals surface area contributed by atoms with Crippen LogP contribution in [0.25, 0.3) is 11.3 Å². The van der Waals surface area contributed by atoms with Gasteiger partial charge in [-0.15, -0.1) is 0 Å². The molecule has 0 spiro atoms. The lowest BCUT2D eigenvalue weighted by molar-refractivity contribution is 0.221. The van der Waals surface area contributed by atoms with Gasteiger partial charge in [-0.2, -0.15) is 5.10 Å². The number of rotatable bonds is 3. The highest BCUT2D eigenvalue weighted by molar-refractivity contribution is 6.31. The normalized spacial score (nSPS) is 12.4. The molecule has 1 heterocycles. The summed E-state index contributed by atoms with van der Waals surface area (Å²) in [6.07, 6.45) is -0.867. The minimum absolute atomic E-state index is 0.418. The number of aliphatic hydroxyl groups excluding tert-OH is 1. The van der Waals surface area contributed by atoms with Gasteiger partial charge in [0.1, 0.15) is 17.0 Å².